The van der Waals surface area contributed by atoms with Crippen molar-refractivity contribution in [2.75, 3.05) is 20.2 Å². The Balaban J connectivity index is 1.31. The van der Waals surface area contributed by atoms with Crippen LogP contribution in [0.25, 0.3) is 33.1 Å². The van der Waals surface area contributed by atoms with E-state index in [0.29, 0.717) is 52.0 Å². The Bertz CT molecular complexity index is 1740. The Kier molecular flexibility index (Phi) is 5.93. The van der Waals surface area contributed by atoms with E-state index in [1.54, 1.807) is 56.2 Å². The van der Waals surface area contributed by atoms with Gasteiger partial charge in [-0.15, -0.1) is 0 Å². The third-order valence-corrected chi connectivity index (χ3v) is 6.59. The fourth-order valence-electron chi connectivity index (χ4n) is 4.61. The van der Waals surface area contributed by atoms with E-state index < -0.39 is 0 Å². The first-order valence-corrected chi connectivity index (χ1v) is 12.1. The van der Waals surface area contributed by atoms with E-state index in [0.717, 1.165) is 16.7 Å². The number of nitrogens with zero attached hydrogens (tertiary/aromatic N) is 3. The van der Waals surface area contributed by atoms with Crippen molar-refractivity contribution in [3.63, 3.8) is 0 Å². The second-order valence-electron chi connectivity index (χ2n) is 8.89. The number of nitrogens with one attached hydrogen (secondary N) is 3. The smallest absolute Gasteiger partial charge is 0.326 e. The summed E-state index contributed by atoms with van der Waals surface area (Å²) in [6, 6.07) is 12.6. The molecule has 0 spiro atoms. The van der Waals surface area contributed by atoms with Gasteiger partial charge in [0.15, 0.2) is 5.78 Å². The minimum atomic E-state index is -0.255. The first kappa shape index (κ1) is 23.2. The van der Waals surface area contributed by atoms with Crippen LogP contribution in [0.2, 0.25) is 0 Å². The molecule has 6 rings (SSSR count). The number of aromatic nitrogens is 4. The predicted molar refractivity (Wildman–Crippen MR) is 145 cm³/mol. The van der Waals surface area contributed by atoms with Crippen LogP contribution in [0.1, 0.15) is 15.9 Å². The van der Waals surface area contributed by atoms with Crippen LogP contribution in [0.5, 0.6) is 5.88 Å². The van der Waals surface area contributed by atoms with E-state index in [1.807, 2.05) is 36.6 Å². The average Bonchev–Trinajstić information content (AvgIpc) is 3.60. The Morgan fingerprint density at radius 3 is 2.74 bits per heavy atom. The summed E-state index contributed by atoms with van der Waals surface area (Å²) in [6.45, 7) is 1.13. The minimum Gasteiger partial charge on any atom is -0.481 e. The summed E-state index contributed by atoms with van der Waals surface area (Å²) in [5.74, 6) is 0.367. The van der Waals surface area contributed by atoms with E-state index in [1.165, 1.54) is 4.57 Å². The van der Waals surface area contributed by atoms with Gasteiger partial charge in [-0.3, -0.25) is 9.36 Å². The number of pyridine rings is 2. The molecule has 0 bridgehead atoms. The van der Waals surface area contributed by atoms with Crippen molar-refractivity contribution in [3.05, 3.63) is 102 Å². The number of allylic oxidation sites excluding steroid dienone is 2. The summed E-state index contributed by atoms with van der Waals surface area (Å²) in [4.78, 5) is 38.6. The number of ether oxygens (including phenoxy) is 1. The molecule has 188 valence electrons. The van der Waals surface area contributed by atoms with Gasteiger partial charge in [-0.2, -0.15) is 0 Å². The number of methoxy groups -OCH3 is 1. The number of dihydropyridines is 1. The highest BCUT2D eigenvalue weighted by atomic mass is 16.5. The Morgan fingerprint density at radius 2 is 1.95 bits per heavy atom. The summed E-state index contributed by atoms with van der Waals surface area (Å²) in [7, 11) is 1.57. The second kappa shape index (κ2) is 9.70. The van der Waals surface area contributed by atoms with Gasteiger partial charge in [-0.1, -0.05) is 18.2 Å². The summed E-state index contributed by atoms with van der Waals surface area (Å²) >= 11 is 0. The molecule has 1 amide bonds. The van der Waals surface area contributed by atoms with E-state index in [4.69, 9.17) is 4.74 Å². The van der Waals surface area contributed by atoms with Crippen LogP contribution in [0.3, 0.4) is 0 Å². The highest BCUT2D eigenvalue weighted by Crippen LogP contribution is 2.29. The van der Waals surface area contributed by atoms with Crippen molar-refractivity contribution >= 4 is 33.8 Å². The minimum absolute atomic E-state index is 0.156. The molecule has 1 aromatic carbocycles. The number of benzene rings is 1. The Labute approximate surface area is 217 Å². The number of hydrogen-bond acceptors (Lipinski definition) is 6. The maximum Gasteiger partial charge on any atom is 0.326 e. The van der Waals surface area contributed by atoms with Crippen LogP contribution in [0.15, 0.2) is 91.2 Å². The van der Waals surface area contributed by atoms with E-state index in [2.05, 4.69) is 25.6 Å². The van der Waals surface area contributed by atoms with Gasteiger partial charge in [0.1, 0.15) is 5.65 Å². The molecular formula is C29H24N6O3. The van der Waals surface area contributed by atoms with Crippen molar-refractivity contribution in [3.8, 4) is 17.0 Å². The molecule has 9 nitrogen and oxygen atoms in total. The lowest BCUT2D eigenvalue weighted by molar-refractivity contribution is 0.104. The molecule has 9 heteroatoms. The summed E-state index contributed by atoms with van der Waals surface area (Å²) in [6.07, 6.45) is 12.6. The van der Waals surface area contributed by atoms with Gasteiger partial charge < -0.3 is 20.4 Å². The number of rotatable bonds is 6. The quantitative estimate of drug-likeness (QED) is 0.295. The van der Waals surface area contributed by atoms with Crippen molar-refractivity contribution in [1.29, 1.82) is 0 Å². The number of H-pyrrole nitrogens is 1. The van der Waals surface area contributed by atoms with Gasteiger partial charge in [0, 0.05) is 77.0 Å². The van der Waals surface area contributed by atoms with Gasteiger partial charge >= 0.3 is 6.03 Å². The molecule has 5 heterocycles. The highest BCUT2D eigenvalue weighted by molar-refractivity contribution is 6.21. The third kappa shape index (κ3) is 4.20. The molecule has 0 saturated heterocycles. The van der Waals surface area contributed by atoms with Gasteiger partial charge in [0.2, 0.25) is 5.88 Å². The standard InChI is InChI=1S/C29H24N6O3/c1-38-26-8-7-19(15-31-26)20-12-23-24(17-33-28(23)32-16-20)27(36)22-5-2-6-25-21(22)9-11-35(25)29(37)34-14-18-4-3-10-30-13-18/h2-12,15-17,30H,13-14H2,1H3,(H,32,33)(H,34,37). The first-order chi connectivity index (χ1) is 18.6. The lowest BCUT2D eigenvalue weighted by Crippen LogP contribution is -2.32. The van der Waals surface area contributed by atoms with Crippen LogP contribution in [-0.2, 0) is 0 Å². The van der Waals surface area contributed by atoms with Crippen LogP contribution in [0.4, 0.5) is 4.79 Å². The van der Waals surface area contributed by atoms with Crippen molar-refractivity contribution in [1.82, 2.24) is 30.2 Å². The molecule has 0 aliphatic carbocycles. The fraction of sp³-hybridized carbons (Fsp3) is 0.103. The van der Waals surface area contributed by atoms with Gasteiger partial charge in [-0.25, -0.2) is 14.8 Å². The number of hydrogen-bond donors (Lipinski definition) is 3. The lowest BCUT2D eigenvalue weighted by atomic mass is 9.99. The van der Waals surface area contributed by atoms with Gasteiger partial charge in [0.05, 0.1) is 12.6 Å². The number of fused-ring (bicyclic) bond motifs is 2. The average molecular weight is 505 g/mol. The monoisotopic (exact) mass is 504 g/mol. The maximum absolute atomic E-state index is 13.8. The molecule has 5 aromatic rings. The summed E-state index contributed by atoms with van der Waals surface area (Å²) < 4.78 is 6.68. The molecule has 1 aliphatic rings. The number of amides is 1. The van der Waals surface area contributed by atoms with Crippen molar-refractivity contribution in [2.24, 2.45) is 0 Å². The topological polar surface area (TPSA) is 114 Å². The predicted octanol–water partition coefficient (Wildman–Crippen LogP) is 4.42. The van der Waals surface area contributed by atoms with Crippen LogP contribution >= 0.6 is 0 Å². The van der Waals surface area contributed by atoms with E-state index >= 15 is 0 Å². The zero-order valence-electron chi connectivity index (χ0n) is 20.6. The van der Waals surface area contributed by atoms with Crippen LogP contribution in [-0.4, -0.2) is 51.5 Å². The molecule has 3 N–H and O–H groups in total. The molecule has 0 atom stereocenters. The Hall–Kier alpha value is -5.18. The zero-order valence-corrected chi connectivity index (χ0v) is 20.6. The number of carbonyl (C=O) groups is 2. The van der Waals surface area contributed by atoms with Gasteiger partial charge in [0.25, 0.3) is 0 Å². The SMILES string of the molecule is COc1ccc(-c2cnc3[nH]cc(C(=O)c4cccc5c4ccn5C(=O)NCC4=CC=CNC4)c3c2)cn1. The maximum atomic E-state index is 13.8. The highest BCUT2D eigenvalue weighted by Gasteiger charge is 2.20. The summed E-state index contributed by atoms with van der Waals surface area (Å²) in [5, 5.41) is 7.48. The molecule has 0 fully saturated rings. The molecule has 0 unspecified atom stereocenters. The molecular weight excluding hydrogens is 480 g/mol. The lowest BCUT2D eigenvalue weighted by Gasteiger charge is -2.12. The van der Waals surface area contributed by atoms with E-state index in [9.17, 15) is 9.59 Å². The van der Waals surface area contributed by atoms with Crippen LogP contribution in [0, 0.1) is 0 Å². The molecule has 4 aromatic heterocycles. The first-order valence-electron chi connectivity index (χ1n) is 12.1. The third-order valence-electron chi connectivity index (χ3n) is 6.59. The number of aromatic amines is 1. The molecule has 0 saturated carbocycles. The molecule has 38 heavy (non-hydrogen) atoms. The number of carbonyl (C=O) groups excluding carboxylic acids is 2. The largest absolute Gasteiger partial charge is 0.481 e. The molecule has 1 aliphatic heterocycles. The van der Waals surface area contributed by atoms with Crippen molar-refractivity contribution in [2.45, 2.75) is 0 Å². The fourth-order valence-corrected chi connectivity index (χ4v) is 4.61. The zero-order chi connectivity index (χ0) is 26.1. The van der Waals surface area contributed by atoms with Crippen molar-refractivity contribution < 1.29 is 14.3 Å². The van der Waals surface area contributed by atoms with Crippen LogP contribution < -0.4 is 15.4 Å². The van der Waals surface area contributed by atoms with Gasteiger partial charge in [-0.05, 0) is 42.1 Å². The number of ketones is 1. The Morgan fingerprint density at radius 1 is 1.05 bits per heavy atom. The normalized spacial score (nSPS) is 12.8. The van der Waals surface area contributed by atoms with E-state index in [-0.39, 0.29) is 11.8 Å². The molecule has 0 radical (unpaired) electrons. The second-order valence-corrected chi connectivity index (χ2v) is 8.89. The summed E-state index contributed by atoms with van der Waals surface area (Å²) in [5.41, 5.74) is 5.06.